The first-order chi connectivity index (χ1) is 4.18. The first-order valence-corrected chi connectivity index (χ1v) is 3.37. The van der Waals surface area contributed by atoms with Crippen molar-refractivity contribution >= 4 is 0 Å². The lowest BCUT2D eigenvalue weighted by molar-refractivity contribution is 0.0947. The SMILES string of the molecule is CCC(C)(CN)COC. The highest BCUT2D eigenvalue weighted by Crippen LogP contribution is 2.18. The molecular formula is C7H17NO. The Kier molecular flexibility index (Phi) is 3.82. The van der Waals surface area contributed by atoms with Gasteiger partial charge in [-0.15, -0.1) is 0 Å². The van der Waals surface area contributed by atoms with Crippen LogP contribution in [0.4, 0.5) is 0 Å². The summed E-state index contributed by atoms with van der Waals surface area (Å²) in [6.07, 6.45) is 1.08. The van der Waals surface area contributed by atoms with Gasteiger partial charge in [0.15, 0.2) is 0 Å². The average molecular weight is 131 g/mol. The molecule has 0 fully saturated rings. The minimum absolute atomic E-state index is 0.189. The predicted molar refractivity (Wildman–Crippen MR) is 39.3 cm³/mol. The molecular weight excluding hydrogens is 114 g/mol. The smallest absolute Gasteiger partial charge is 0.0527 e. The van der Waals surface area contributed by atoms with E-state index in [1.807, 2.05) is 0 Å². The van der Waals surface area contributed by atoms with Crippen LogP contribution in [-0.4, -0.2) is 20.3 Å². The van der Waals surface area contributed by atoms with E-state index in [-0.39, 0.29) is 5.41 Å². The maximum Gasteiger partial charge on any atom is 0.0527 e. The lowest BCUT2D eigenvalue weighted by Crippen LogP contribution is -2.30. The molecule has 56 valence electrons. The number of hydrogen-bond donors (Lipinski definition) is 1. The fraction of sp³-hybridized carbons (Fsp3) is 1.00. The molecule has 0 aromatic carbocycles. The average Bonchev–Trinajstić information content (AvgIpc) is 1.89. The third-order valence-electron chi connectivity index (χ3n) is 1.84. The molecule has 0 amide bonds. The molecule has 2 nitrogen and oxygen atoms in total. The van der Waals surface area contributed by atoms with E-state index in [1.165, 1.54) is 0 Å². The topological polar surface area (TPSA) is 35.2 Å². The molecule has 0 spiro atoms. The summed E-state index contributed by atoms with van der Waals surface area (Å²) in [6, 6.07) is 0. The molecule has 0 rings (SSSR count). The summed E-state index contributed by atoms with van der Waals surface area (Å²) in [4.78, 5) is 0. The molecule has 1 atom stereocenters. The van der Waals surface area contributed by atoms with Crippen LogP contribution < -0.4 is 5.73 Å². The van der Waals surface area contributed by atoms with Gasteiger partial charge in [0.1, 0.15) is 0 Å². The Labute approximate surface area is 57.4 Å². The molecule has 0 bridgehead atoms. The molecule has 0 radical (unpaired) electrons. The van der Waals surface area contributed by atoms with Crippen molar-refractivity contribution in [3.8, 4) is 0 Å². The fourth-order valence-electron chi connectivity index (χ4n) is 0.654. The third kappa shape index (κ3) is 2.82. The van der Waals surface area contributed by atoms with Crippen LogP contribution in [0.5, 0.6) is 0 Å². The molecule has 0 aliphatic heterocycles. The van der Waals surface area contributed by atoms with Crippen LogP contribution in [0.15, 0.2) is 0 Å². The van der Waals surface area contributed by atoms with Gasteiger partial charge < -0.3 is 10.5 Å². The Bertz CT molecular complexity index is 69.3. The van der Waals surface area contributed by atoms with Gasteiger partial charge in [-0.05, 0) is 13.0 Å². The summed E-state index contributed by atoms with van der Waals surface area (Å²) in [5, 5.41) is 0. The van der Waals surface area contributed by atoms with E-state index >= 15 is 0 Å². The van der Waals surface area contributed by atoms with Gasteiger partial charge in [-0.1, -0.05) is 13.8 Å². The van der Waals surface area contributed by atoms with Crippen LogP contribution in [0.1, 0.15) is 20.3 Å². The Morgan fingerprint density at radius 3 is 2.22 bits per heavy atom. The van der Waals surface area contributed by atoms with Crippen molar-refractivity contribution in [1.29, 1.82) is 0 Å². The normalized spacial score (nSPS) is 17.3. The lowest BCUT2D eigenvalue weighted by Gasteiger charge is -2.24. The zero-order valence-electron chi connectivity index (χ0n) is 6.61. The molecule has 0 aliphatic rings. The van der Waals surface area contributed by atoms with Crippen molar-refractivity contribution in [2.75, 3.05) is 20.3 Å². The van der Waals surface area contributed by atoms with E-state index in [9.17, 15) is 0 Å². The van der Waals surface area contributed by atoms with Crippen molar-refractivity contribution in [1.82, 2.24) is 0 Å². The van der Waals surface area contributed by atoms with Crippen molar-refractivity contribution in [3.63, 3.8) is 0 Å². The molecule has 2 N–H and O–H groups in total. The van der Waals surface area contributed by atoms with Crippen LogP contribution >= 0.6 is 0 Å². The molecule has 0 heterocycles. The summed E-state index contributed by atoms with van der Waals surface area (Å²) in [6.45, 7) is 5.74. The standard InChI is InChI=1S/C7H17NO/c1-4-7(2,5-8)6-9-3/h4-6,8H2,1-3H3. The predicted octanol–water partition coefficient (Wildman–Crippen LogP) is 1.01. The van der Waals surface area contributed by atoms with Gasteiger partial charge in [-0.25, -0.2) is 0 Å². The molecule has 0 saturated heterocycles. The number of nitrogens with two attached hydrogens (primary N) is 1. The zero-order chi connectivity index (χ0) is 7.33. The molecule has 1 unspecified atom stereocenters. The zero-order valence-corrected chi connectivity index (χ0v) is 6.61. The van der Waals surface area contributed by atoms with E-state index in [0.717, 1.165) is 13.0 Å². The van der Waals surface area contributed by atoms with Crippen molar-refractivity contribution in [3.05, 3.63) is 0 Å². The van der Waals surface area contributed by atoms with Gasteiger partial charge in [-0.2, -0.15) is 0 Å². The highest BCUT2D eigenvalue weighted by Gasteiger charge is 2.18. The van der Waals surface area contributed by atoms with Crippen molar-refractivity contribution < 1.29 is 4.74 Å². The summed E-state index contributed by atoms with van der Waals surface area (Å²) in [7, 11) is 1.71. The van der Waals surface area contributed by atoms with Gasteiger partial charge in [0.2, 0.25) is 0 Å². The minimum Gasteiger partial charge on any atom is -0.384 e. The highest BCUT2D eigenvalue weighted by atomic mass is 16.5. The van der Waals surface area contributed by atoms with Crippen LogP contribution in [-0.2, 0) is 4.74 Å². The van der Waals surface area contributed by atoms with E-state index < -0.39 is 0 Å². The quantitative estimate of drug-likeness (QED) is 0.618. The summed E-state index contributed by atoms with van der Waals surface area (Å²) >= 11 is 0. The van der Waals surface area contributed by atoms with Crippen LogP contribution in [0.3, 0.4) is 0 Å². The van der Waals surface area contributed by atoms with Crippen LogP contribution in [0, 0.1) is 5.41 Å². The maximum atomic E-state index is 5.52. The van der Waals surface area contributed by atoms with E-state index in [2.05, 4.69) is 13.8 Å². The summed E-state index contributed by atoms with van der Waals surface area (Å²) < 4.78 is 5.01. The van der Waals surface area contributed by atoms with Crippen molar-refractivity contribution in [2.45, 2.75) is 20.3 Å². The second-order valence-corrected chi connectivity index (χ2v) is 2.80. The minimum atomic E-state index is 0.189. The monoisotopic (exact) mass is 131 g/mol. The summed E-state index contributed by atoms with van der Waals surface area (Å²) in [5.74, 6) is 0. The lowest BCUT2D eigenvalue weighted by atomic mass is 9.89. The van der Waals surface area contributed by atoms with Gasteiger partial charge in [0.05, 0.1) is 6.61 Å². The highest BCUT2D eigenvalue weighted by molar-refractivity contribution is 4.71. The maximum absolute atomic E-state index is 5.52. The number of methoxy groups -OCH3 is 1. The Hall–Kier alpha value is -0.0800. The molecule has 0 aromatic heterocycles. The Balaban J connectivity index is 3.62. The second kappa shape index (κ2) is 3.85. The largest absolute Gasteiger partial charge is 0.384 e. The van der Waals surface area contributed by atoms with E-state index in [0.29, 0.717) is 6.54 Å². The van der Waals surface area contributed by atoms with E-state index in [4.69, 9.17) is 10.5 Å². The van der Waals surface area contributed by atoms with Crippen LogP contribution in [0.25, 0.3) is 0 Å². The third-order valence-corrected chi connectivity index (χ3v) is 1.84. The van der Waals surface area contributed by atoms with Gasteiger partial charge in [-0.3, -0.25) is 0 Å². The van der Waals surface area contributed by atoms with E-state index in [1.54, 1.807) is 7.11 Å². The first kappa shape index (κ1) is 8.92. The van der Waals surface area contributed by atoms with Crippen LogP contribution in [0.2, 0.25) is 0 Å². The Morgan fingerprint density at radius 1 is 1.56 bits per heavy atom. The van der Waals surface area contributed by atoms with Crippen molar-refractivity contribution in [2.24, 2.45) is 11.1 Å². The molecule has 2 heteroatoms. The molecule has 9 heavy (non-hydrogen) atoms. The van der Waals surface area contributed by atoms with Gasteiger partial charge in [0, 0.05) is 12.5 Å². The Morgan fingerprint density at radius 2 is 2.11 bits per heavy atom. The second-order valence-electron chi connectivity index (χ2n) is 2.80. The first-order valence-electron chi connectivity index (χ1n) is 3.37. The fourth-order valence-corrected chi connectivity index (χ4v) is 0.654. The number of ether oxygens (including phenoxy) is 1. The summed E-state index contributed by atoms with van der Waals surface area (Å²) in [5.41, 5.74) is 5.71. The number of rotatable bonds is 4. The van der Waals surface area contributed by atoms with Gasteiger partial charge >= 0.3 is 0 Å². The molecule has 0 saturated carbocycles. The molecule has 0 aromatic rings. The molecule has 0 aliphatic carbocycles. The van der Waals surface area contributed by atoms with Gasteiger partial charge in [0.25, 0.3) is 0 Å². The number of hydrogen-bond acceptors (Lipinski definition) is 2.